The van der Waals surface area contributed by atoms with Crippen LogP contribution in [0.1, 0.15) is 42.9 Å². The Morgan fingerprint density at radius 1 is 1.15 bits per heavy atom. The average molecular weight is 375 g/mol. The van der Waals surface area contributed by atoms with Crippen molar-refractivity contribution in [1.29, 1.82) is 0 Å². The van der Waals surface area contributed by atoms with Gasteiger partial charge in [0.15, 0.2) is 0 Å². The smallest absolute Gasteiger partial charge is 0.220 e. The van der Waals surface area contributed by atoms with Gasteiger partial charge in [-0.15, -0.1) is 0 Å². The summed E-state index contributed by atoms with van der Waals surface area (Å²) in [6.45, 7) is 2.06. The number of benzene rings is 2. The van der Waals surface area contributed by atoms with Crippen LogP contribution >= 0.6 is 11.6 Å². The zero-order valence-corrected chi connectivity index (χ0v) is 15.4. The molecule has 1 aliphatic rings. The zero-order valence-electron chi connectivity index (χ0n) is 14.7. The number of nitrogens with one attached hydrogen (secondary N) is 2. The first kappa shape index (κ1) is 18.9. The molecule has 1 atom stereocenters. The standard InChI is InChI=1S/C21H24ClFN2O/c22-18-5-1-3-16(13-18)21(17-4-2-6-19(23)14-17)25-20(26)8-7-15-9-11-24-12-10-15/h1-6,13-15,21,24H,7-12H2,(H,25,26). The number of amides is 1. The Balaban J connectivity index is 1.72. The van der Waals surface area contributed by atoms with Gasteiger partial charge < -0.3 is 10.6 Å². The van der Waals surface area contributed by atoms with Gasteiger partial charge in [0.1, 0.15) is 5.82 Å². The average Bonchev–Trinajstić information content (AvgIpc) is 2.65. The fourth-order valence-corrected chi connectivity index (χ4v) is 3.67. The summed E-state index contributed by atoms with van der Waals surface area (Å²) >= 11 is 6.11. The van der Waals surface area contributed by atoms with Gasteiger partial charge in [-0.1, -0.05) is 35.9 Å². The predicted octanol–water partition coefficient (Wildman–Crippen LogP) is 4.46. The van der Waals surface area contributed by atoms with Gasteiger partial charge in [0.2, 0.25) is 5.91 Å². The molecule has 1 aliphatic heterocycles. The molecule has 1 heterocycles. The first-order valence-corrected chi connectivity index (χ1v) is 9.50. The van der Waals surface area contributed by atoms with Gasteiger partial charge in [-0.25, -0.2) is 4.39 Å². The minimum Gasteiger partial charge on any atom is -0.345 e. The molecule has 3 rings (SSSR count). The van der Waals surface area contributed by atoms with Crippen molar-refractivity contribution < 1.29 is 9.18 Å². The second-order valence-corrected chi connectivity index (χ2v) is 7.28. The van der Waals surface area contributed by atoms with Crippen LogP contribution in [0.4, 0.5) is 4.39 Å². The monoisotopic (exact) mass is 374 g/mol. The van der Waals surface area contributed by atoms with Crippen LogP contribution in [0.2, 0.25) is 5.02 Å². The summed E-state index contributed by atoms with van der Waals surface area (Å²) in [5, 5.41) is 6.99. The van der Waals surface area contributed by atoms with Crippen molar-refractivity contribution in [2.45, 2.75) is 31.7 Å². The lowest BCUT2D eigenvalue weighted by Gasteiger charge is -2.23. The molecule has 2 aromatic carbocycles. The molecule has 2 N–H and O–H groups in total. The van der Waals surface area contributed by atoms with Gasteiger partial charge >= 0.3 is 0 Å². The van der Waals surface area contributed by atoms with Crippen LogP contribution in [-0.4, -0.2) is 19.0 Å². The van der Waals surface area contributed by atoms with Crippen LogP contribution in [0.25, 0.3) is 0 Å². The molecule has 138 valence electrons. The van der Waals surface area contributed by atoms with Gasteiger partial charge in [-0.05, 0) is 73.7 Å². The first-order valence-electron chi connectivity index (χ1n) is 9.13. The molecule has 0 bridgehead atoms. The number of halogens is 2. The number of carbonyl (C=O) groups is 1. The number of hydrogen-bond acceptors (Lipinski definition) is 2. The summed E-state index contributed by atoms with van der Waals surface area (Å²) in [6, 6.07) is 13.3. The number of carbonyl (C=O) groups excluding carboxylic acids is 1. The van der Waals surface area contributed by atoms with Gasteiger partial charge in [-0.3, -0.25) is 4.79 Å². The minimum absolute atomic E-state index is 0.0160. The number of piperidine rings is 1. The predicted molar refractivity (Wildman–Crippen MR) is 103 cm³/mol. The highest BCUT2D eigenvalue weighted by atomic mass is 35.5. The maximum absolute atomic E-state index is 13.7. The number of rotatable bonds is 6. The molecule has 3 nitrogen and oxygen atoms in total. The molecular formula is C21H24ClFN2O. The third-order valence-corrected chi connectivity index (χ3v) is 5.14. The molecule has 1 fully saturated rings. The van der Waals surface area contributed by atoms with Gasteiger partial charge in [0.05, 0.1) is 6.04 Å². The molecule has 1 saturated heterocycles. The molecular weight excluding hydrogens is 351 g/mol. The summed E-state index contributed by atoms with van der Waals surface area (Å²) in [6.07, 6.45) is 3.61. The van der Waals surface area contributed by atoms with E-state index in [1.165, 1.54) is 12.1 Å². The lowest BCUT2D eigenvalue weighted by atomic mass is 9.92. The molecule has 26 heavy (non-hydrogen) atoms. The highest BCUT2D eigenvalue weighted by Crippen LogP contribution is 2.26. The molecule has 1 unspecified atom stereocenters. The summed E-state index contributed by atoms with van der Waals surface area (Å²) in [4.78, 5) is 12.6. The fourth-order valence-electron chi connectivity index (χ4n) is 3.47. The summed E-state index contributed by atoms with van der Waals surface area (Å²) in [7, 11) is 0. The molecule has 0 aromatic heterocycles. The van der Waals surface area contributed by atoms with Crippen LogP contribution < -0.4 is 10.6 Å². The van der Waals surface area contributed by atoms with E-state index in [2.05, 4.69) is 10.6 Å². The summed E-state index contributed by atoms with van der Waals surface area (Å²) in [5.74, 6) is 0.261. The highest BCUT2D eigenvalue weighted by Gasteiger charge is 2.19. The third kappa shape index (κ3) is 5.29. The lowest BCUT2D eigenvalue weighted by Crippen LogP contribution is -2.31. The van der Waals surface area contributed by atoms with E-state index in [1.807, 2.05) is 24.3 Å². The van der Waals surface area contributed by atoms with Crippen LogP contribution in [0.3, 0.4) is 0 Å². The van der Waals surface area contributed by atoms with Crippen molar-refractivity contribution >= 4 is 17.5 Å². The van der Waals surface area contributed by atoms with Crippen LogP contribution in [0.15, 0.2) is 48.5 Å². The van der Waals surface area contributed by atoms with Crippen molar-refractivity contribution in [1.82, 2.24) is 10.6 Å². The fraction of sp³-hybridized carbons (Fsp3) is 0.381. The molecule has 0 aliphatic carbocycles. The Morgan fingerprint density at radius 3 is 2.54 bits per heavy atom. The van der Waals surface area contributed by atoms with Crippen LogP contribution in [0.5, 0.6) is 0 Å². The Bertz CT molecular complexity index is 701. The topological polar surface area (TPSA) is 41.1 Å². The van der Waals surface area contributed by atoms with Crippen LogP contribution in [-0.2, 0) is 4.79 Å². The molecule has 0 radical (unpaired) electrons. The van der Waals surface area contributed by atoms with E-state index in [1.54, 1.807) is 12.1 Å². The highest BCUT2D eigenvalue weighted by molar-refractivity contribution is 6.30. The van der Waals surface area contributed by atoms with E-state index in [9.17, 15) is 9.18 Å². The van der Waals surface area contributed by atoms with E-state index < -0.39 is 6.04 Å². The normalized spacial score (nSPS) is 16.2. The Labute approximate surface area is 158 Å². The third-order valence-electron chi connectivity index (χ3n) is 4.91. The molecule has 1 amide bonds. The Kier molecular flexibility index (Phi) is 6.64. The van der Waals surface area contributed by atoms with Gasteiger partial charge in [0, 0.05) is 11.4 Å². The zero-order chi connectivity index (χ0) is 18.4. The molecule has 0 saturated carbocycles. The van der Waals surface area contributed by atoms with E-state index in [0.29, 0.717) is 22.9 Å². The van der Waals surface area contributed by atoms with Crippen molar-refractivity contribution in [2.75, 3.05) is 13.1 Å². The van der Waals surface area contributed by atoms with Crippen molar-refractivity contribution in [2.24, 2.45) is 5.92 Å². The molecule has 2 aromatic rings. The Morgan fingerprint density at radius 2 is 1.85 bits per heavy atom. The number of hydrogen-bond donors (Lipinski definition) is 2. The van der Waals surface area contributed by atoms with Crippen molar-refractivity contribution in [3.05, 3.63) is 70.5 Å². The van der Waals surface area contributed by atoms with Gasteiger partial charge in [-0.2, -0.15) is 0 Å². The molecule has 5 heteroatoms. The van der Waals surface area contributed by atoms with E-state index in [-0.39, 0.29) is 11.7 Å². The second-order valence-electron chi connectivity index (χ2n) is 6.84. The SMILES string of the molecule is O=C(CCC1CCNCC1)NC(c1cccc(F)c1)c1cccc(Cl)c1. The molecule has 0 spiro atoms. The Hall–Kier alpha value is -1.91. The maximum Gasteiger partial charge on any atom is 0.220 e. The summed E-state index contributed by atoms with van der Waals surface area (Å²) in [5.41, 5.74) is 1.56. The van der Waals surface area contributed by atoms with E-state index in [0.717, 1.165) is 37.9 Å². The lowest BCUT2D eigenvalue weighted by molar-refractivity contribution is -0.121. The largest absolute Gasteiger partial charge is 0.345 e. The first-order chi connectivity index (χ1) is 12.6. The van der Waals surface area contributed by atoms with Crippen molar-refractivity contribution in [3.63, 3.8) is 0 Å². The maximum atomic E-state index is 13.7. The van der Waals surface area contributed by atoms with Gasteiger partial charge in [0.25, 0.3) is 0 Å². The second kappa shape index (κ2) is 9.15. The summed E-state index contributed by atoms with van der Waals surface area (Å²) < 4.78 is 13.7. The van der Waals surface area contributed by atoms with Crippen molar-refractivity contribution in [3.8, 4) is 0 Å². The minimum atomic E-state index is -0.412. The quantitative estimate of drug-likeness (QED) is 0.783. The van der Waals surface area contributed by atoms with E-state index >= 15 is 0 Å². The van der Waals surface area contributed by atoms with E-state index in [4.69, 9.17) is 11.6 Å². The van der Waals surface area contributed by atoms with Crippen LogP contribution in [0, 0.1) is 11.7 Å².